The lowest BCUT2D eigenvalue weighted by Gasteiger charge is -1.83. The van der Waals surface area contributed by atoms with Gasteiger partial charge in [-0.15, -0.1) is 12.8 Å². The molecule has 1 aromatic rings. The molecule has 0 aliphatic rings. The minimum atomic E-state index is -0.411. The minimum absolute atomic E-state index is 0.411. The second-order valence-electron chi connectivity index (χ2n) is 1.44. The molecule has 0 aliphatic carbocycles. The van der Waals surface area contributed by atoms with E-state index in [-0.39, 0.29) is 0 Å². The van der Waals surface area contributed by atoms with Crippen LogP contribution in [-0.4, -0.2) is 0 Å². The molecule has 0 aliphatic heterocycles. The maximum absolute atomic E-state index is 11.9. The van der Waals surface area contributed by atoms with Crippen LogP contribution < -0.4 is 0 Å². The van der Waals surface area contributed by atoms with Gasteiger partial charge in [-0.1, -0.05) is 0 Å². The summed E-state index contributed by atoms with van der Waals surface area (Å²) >= 11 is 0. The molecule has 0 aromatic heterocycles. The topological polar surface area (TPSA) is 0 Å². The highest BCUT2D eigenvalue weighted by atomic mass is 19.1. The summed E-state index contributed by atoms with van der Waals surface area (Å²) in [7, 11) is 0. The fourth-order valence-corrected chi connectivity index (χ4v) is 0.430. The van der Waals surface area contributed by atoms with Crippen molar-refractivity contribution in [2.24, 2.45) is 0 Å². The summed E-state index contributed by atoms with van der Waals surface area (Å²) in [6.07, 6.45) is 8.00. The second kappa shape index (κ2) is 4.51. The Labute approximate surface area is 58.5 Å². The zero-order valence-corrected chi connectivity index (χ0v) is 5.22. The Morgan fingerprint density at radius 3 is 1.20 bits per heavy atom. The molecule has 0 unspecified atom stereocenters. The number of hydrogen-bond acceptors (Lipinski definition) is 0. The average Bonchev–Trinajstić information content (AvgIpc) is 2.00. The van der Waals surface area contributed by atoms with Crippen molar-refractivity contribution in [3.05, 3.63) is 35.9 Å². The van der Waals surface area contributed by atoms with E-state index in [4.69, 9.17) is 0 Å². The lowest BCUT2D eigenvalue weighted by molar-refractivity contribution is 0.600. The Morgan fingerprint density at radius 2 is 1.00 bits per heavy atom. The van der Waals surface area contributed by atoms with Crippen molar-refractivity contribution in [2.75, 3.05) is 0 Å². The summed E-state index contributed by atoms with van der Waals surface area (Å²) in [5, 5.41) is 0. The molecule has 0 fully saturated rings. The first-order valence-electron chi connectivity index (χ1n) is 2.53. The van der Waals surface area contributed by atoms with Crippen molar-refractivity contribution < 1.29 is 8.78 Å². The van der Waals surface area contributed by atoms with Crippen molar-refractivity contribution in [2.45, 2.75) is 0 Å². The Morgan fingerprint density at radius 1 is 0.800 bits per heavy atom. The van der Waals surface area contributed by atoms with Gasteiger partial charge in [0.2, 0.25) is 0 Å². The molecule has 10 heavy (non-hydrogen) atoms. The number of terminal acetylenes is 1. The highest BCUT2D eigenvalue weighted by Gasteiger charge is 1.86. The Kier molecular flexibility index (Phi) is 3.90. The zero-order valence-electron chi connectivity index (χ0n) is 5.22. The third-order valence-corrected chi connectivity index (χ3v) is 0.804. The fraction of sp³-hybridized carbons (Fsp3) is 0. The van der Waals surface area contributed by atoms with Crippen molar-refractivity contribution in [3.63, 3.8) is 0 Å². The fourth-order valence-electron chi connectivity index (χ4n) is 0.430. The quantitative estimate of drug-likeness (QED) is 0.484. The predicted octanol–water partition coefficient (Wildman–Crippen LogP) is 2.21. The van der Waals surface area contributed by atoms with E-state index in [0.717, 1.165) is 24.3 Å². The van der Waals surface area contributed by atoms with E-state index >= 15 is 0 Å². The molecule has 0 N–H and O–H groups in total. The molecule has 0 atom stereocenters. The van der Waals surface area contributed by atoms with Crippen LogP contribution in [0.1, 0.15) is 0 Å². The molecule has 0 heterocycles. The first-order valence-corrected chi connectivity index (χ1v) is 2.53. The summed E-state index contributed by atoms with van der Waals surface area (Å²) in [4.78, 5) is 0. The van der Waals surface area contributed by atoms with Gasteiger partial charge in [-0.25, -0.2) is 8.78 Å². The van der Waals surface area contributed by atoms with Crippen molar-refractivity contribution in [1.82, 2.24) is 0 Å². The first-order chi connectivity index (χ1) is 4.79. The highest BCUT2D eigenvalue weighted by Crippen LogP contribution is 1.98. The summed E-state index contributed by atoms with van der Waals surface area (Å²) in [5.41, 5.74) is 0. The van der Waals surface area contributed by atoms with E-state index < -0.39 is 11.6 Å². The van der Waals surface area contributed by atoms with Crippen LogP contribution in [0, 0.1) is 24.5 Å². The SMILES string of the molecule is C#C.Fc1ccc(F)cc1. The summed E-state index contributed by atoms with van der Waals surface area (Å²) in [6, 6.07) is 4.31. The number of hydrogen-bond donors (Lipinski definition) is 0. The Bertz CT molecular complexity index is 177. The van der Waals surface area contributed by atoms with Gasteiger partial charge in [-0.05, 0) is 24.3 Å². The van der Waals surface area contributed by atoms with Crippen LogP contribution >= 0.6 is 0 Å². The van der Waals surface area contributed by atoms with E-state index in [1.54, 1.807) is 0 Å². The van der Waals surface area contributed by atoms with Crippen molar-refractivity contribution in [3.8, 4) is 12.8 Å². The third-order valence-electron chi connectivity index (χ3n) is 0.804. The molecule has 1 rings (SSSR count). The van der Waals surface area contributed by atoms with E-state index in [2.05, 4.69) is 12.8 Å². The van der Waals surface area contributed by atoms with Gasteiger partial charge in [0.15, 0.2) is 0 Å². The molecule has 0 amide bonds. The van der Waals surface area contributed by atoms with E-state index in [1.165, 1.54) is 0 Å². The Hall–Kier alpha value is -1.36. The van der Waals surface area contributed by atoms with Crippen LogP contribution in [0.3, 0.4) is 0 Å². The molecule has 1 aromatic carbocycles. The van der Waals surface area contributed by atoms with E-state index in [1.807, 2.05) is 0 Å². The number of rotatable bonds is 0. The zero-order chi connectivity index (χ0) is 7.98. The molecular weight excluding hydrogens is 134 g/mol. The molecular formula is C8H6F2. The maximum atomic E-state index is 11.9. The van der Waals surface area contributed by atoms with Gasteiger partial charge >= 0.3 is 0 Å². The van der Waals surface area contributed by atoms with Crippen molar-refractivity contribution in [1.29, 1.82) is 0 Å². The molecule has 0 bridgehead atoms. The summed E-state index contributed by atoms with van der Waals surface area (Å²) in [6.45, 7) is 0. The summed E-state index contributed by atoms with van der Waals surface area (Å²) < 4.78 is 23.8. The Balaban J connectivity index is 0.000000371. The summed E-state index contributed by atoms with van der Waals surface area (Å²) in [5.74, 6) is -0.821. The number of benzene rings is 1. The minimum Gasteiger partial charge on any atom is -0.207 e. The van der Waals surface area contributed by atoms with Gasteiger partial charge in [0.05, 0.1) is 0 Å². The average molecular weight is 140 g/mol. The van der Waals surface area contributed by atoms with Gasteiger partial charge in [0, 0.05) is 0 Å². The van der Waals surface area contributed by atoms with Gasteiger partial charge < -0.3 is 0 Å². The van der Waals surface area contributed by atoms with Crippen molar-refractivity contribution >= 4 is 0 Å². The van der Waals surface area contributed by atoms with Crippen LogP contribution in [0.25, 0.3) is 0 Å². The largest absolute Gasteiger partial charge is 0.207 e. The molecule has 0 spiro atoms. The molecule has 0 saturated heterocycles. The van der Waals surface area contributed by atoms with Gasteiger partial charge in [-0.2, -0.15) is 0 Å². The van der Waals surface area contributed by atoms with Gasteiger partial charge in [0.25, 0.3) is 0 Å². The van der Waals surface area contributed by atoms with Crippen LogP contribution in [0.2, 0.25) is 0 Å². The van der Waals surface area contributed by atoms with Crippen LogP contribution in [0.15, 0.2) is 24.3 Å². The lowest BCUT2D eigenvalue weighted by Crippen LogP contribution is -1.72. The first kappa shape index (κ1) is 8.64. The third kappa shape index (κ3) is 2.83. The highest BCUT2D eigenvalue weighted by molar-refractivity contribution is 5.04. The molecule has 0 radical (unpaired) electrons. The normalized spacial score (nSPS) is 7.60. The van der Waals surface area contributed by atoms with Gasteiger partial charge in [0.1, 0.15) is 11.6 Å². The second-order valence-corrected chi connectivity index (χ2v) is 1.44. The number of halogens is 2. The maximum Gasteiger partial charge on any atom is 0.123 e. The molecule has 0 nitrogen and oxygen atoms in total. The molecule has 2 heteroatoms. The van der Waals surface area contributed by atoms with Crippen LogP contribution in [0.4, 0.5) is 8.78 Å². The van der Waals surface area contributed by atoms with E-state index in [0.29, 0.717) is 0 Å². The standard InChI is InChI=1S/C6H4F2.C2H2/c7-5-1-2-6(8)4-3-5;1-2/h1-4H;1-2H. The monoisotopic (exact) mass is 140 g/mol. The predicted molar refractivity (Wildman–Crippen MR) is 36.2 cm³/mol. The van der Waals surface area contributed by atoms with E-state index in [9.17, 15) is 8.78 Å². The van der Waals surface area contributed by atoms with Crippen LogP contribution in [0.5, 0.6) is 0 Å². The molecule has 52 valence electrons. The smallest absolute Gasteiger partial charge is 0.123 e. The molecule has 0 saturated carbocycles. The van der Waals surface area contributed by atoms with Gasteiger partial charge in [-0.3, -0.25) is 0 Å². The van der Waals surface area contributed by atoms with Crippen LogP contribution in [-0.2, 0) is 0 Å². The lowest BCUT2D eigenvalue weighted by atomic mass is 10.3.